The zero-order valence-electron chi connectivity index (χ0n) is 15.2. The van der Waals surface area contributed by atoms with E-state index in [2.05, 4.69) is 5.32 Å². The summed E-state index contributed by atoms with van der Waals surface area (Å²) in [5.41, 5.74) is -0.711. The third kappa shape index (κ3) is 3.76. The molecule has 1 amide bonds. The molecule has 1 N–H and O–H groups in total. The largest absolute Gasteiger partial charge is 0.444 e. The highest BCUT2D eigenvalue weighted by Gasteiger charge is 2.59. The molecule has 3 unspecified atom stereocenters. The summed E-state index contributed by atoms with van der Waals surface area (Å²) in [6, 6.07) is 0. The summed E-state index contributed by atoms with van der Waals surface area (Å²) in [4.78, 5) is 23.1. The van der Waals surface area contributed by atoms with Crippen LogP contribution in [0.1, 0.15) is 66.7 Å². The smallest absolute Gasteiger partial charge is 0.408 e. The zero-order chi connectivity index (χ0) is 18.3. The number of carbonyl (C=O) groups is 2. The predicted octanol–water partition coefficient (Wildman–Crippen LogP) is 2.81. The van der Waals surface area contributed by atoms with Crippen LogP contribution in [0.4, 0.5) is 4.79 Å². The Kier molecular flexibility index (Phi) is 5.06. The molecule has 2 saturated carbocycles. The van der Waals surface area contributed by atoms with Crippen molar-refractivity contribution in [1.29, 1.82) is 0 Å². The number of ketones is 1. The molecule has 0 aromatic carbocycles. The summed E-state index contributed by atoms with van der Waals surface area (Å²) in [7, 11) is -3.55. The Hall–Kier alpha value is -1.11. The second-order valence-corrected chi connectivity index (χ2v) is 10.7. The fraction of sp³-hybridized carbons (Fsp3) is 0.882. The van der Waals surface area contributed by atoms with E-state index in [9.17, 15) is 18.0 Å². The number of rotatable bonds is 5. The van der Waals surface area contributed by atoms with Gasteiger partial charge in [0.1, 0.15) is 16.3 Å². The van der Waals surface area contributed by atoms with Crippen LogP contribution in [0.15, 0.2) is 0 Å². The Morgan fingerprint density at radius 2 is 1.79 bits per heavy atom. The number of nitrogens with one attached hydrogen (secondary N) is 1. The van der Waals surface area contributed by atoms with Gasteiger partial charge in [0.05, 0.1) is 5.25 Å². The second kappa shape index (κ2) is 6.32. The van der Waals surface area contributed by atoms with E-state index < -0.39 is 31.7 Å². The first-order valence-corrected chi connectivity index (χ1v) is 10.2. The van der Waals surface area contributed by atoms with Crippen molar-refractivity contribution in [1.82, 2.24) is 5.32 Å². The van der Waals surface area contributed by atoms with E-state index in [1.807, 2.05) is 6.92 Å². The van der Waals surface area contributed by atoms with Crippen LogP contribution in [0.2, 0.25) is 0 Å². The van der Waals surface area contributed by atoms with E-state index in [-0.39, 0.29) is 30.5 Å². The van der Waals surface area contributed by atoms with Gasteiger partial charge in [-0.2, -0.15) is 0 Å². The van der Waals surface area contributed by atoms with Crippen molar-refractivity contribution < 1.29 is 22.7 Å². The molecule has 0 radical (unpaired) electrons. The van der Waals surface area contributed by atoms with Gasteiger partial charge in [-0.3, -0.25) is 4.79 Å². The Morgan fingerprint density at radius 3 is 2.25 bits per heavy atom. The molecular formula is C17H29NO5S. The Labute approximate surface area is 144 Å². The predicted molar refractivity (Wildman–Crippen MR) is 91.2 cm³/mol. The molecule has 0 bridgehead atoms. The number of hydrogen-bond acceptors (Lipinski definition) is 5. The quantitative estimate of drug-likeness (QED) is 0.815. The molecule has 0 aromatic heterocycles. The standard InChI is InChI=1S/C17H29NO5S/c1-6-14(19)13-10-17(9-11(13)2,24(21,22)12-7-8-12)18-15(20)23-16(3,4)5/h11-13H,6-10H2,1-5H3,(H,18,20). The van der Waals surface area contributed by atoms with E-state index in [0.29, 0.717) is 19.3 Å². The van der Waals surface area contributed by atoms with Crippen LogP contribution in [0.3, 0.4) is 0 Å². The van der Waals surface area contributed by atoms with Gasteiger partial charge in [0.2, 0.25) is 0 Å². The number of Topliss-reactive ketones (excluding diaryl/α,β-unsaturated/α-hetero) is 1. The van der Waals surface area contributed by atoms with Crippen LogP contribution < -0.4 is 5.32 Å². The number of ether oxygens (including phenoxy) is 1. The zero-order valence-corrected chi connectivity index (χ0v) is 16.0. The van der Waals surface area contributed by atoms with E-state index in [0.717, 1.165) is 0 Å². The van der Waals surface area contributed by atoms with E-state index in [4.69, 9.17) is 4.74 Å². The van der Waals surface area contributed by atoms with Crippen molar-refractivity contribution in [2.24, 2.45) is 11.8 Å². The van der Waals surface area contributed by atoms with Gasteiger partial charge < -0.3 is 10.1 Å². The third-order valence-electron chi connectivity index (χ3n) is 4.89. The highest BCUT2D eigenvalue weighted by atomic mass is 32.2. The first kappa shape index (κ1) is 19.2. The maximum atomic E-state index is 13.0. The van der Waals surface area contributed by atoms with E-state index in [1.54, 1.807) is 27.7 Å². The number of sulfone groups is 1. The van der Waals surface area contributed by atoms with Gasteiger partial charge in [-0.15, -0.1) is 0 Å². The molecule has 0 spiro atoms. The van der Waals surface area contributed by atoms with E-state index in [1.165, 1.54) is 0 Å². The Morgan fingerprint density at radius 1 is 1.21 bits per heavy atom. The second-order valence-electron chi connectivity index (χ2n) is 8.18. The minimum Gasteiger partial charge on any atom is -0.444 e. The van der Waals surface area contributed by atoms with Gasteiger partial charge in [0, 0.05) is 12.3 Å². The molecule has 138 valence electrons. The number of alkyl carbamates (subject to hydrolysis) is 1. The van der Waals surface area contributed by atoms with Crippen molar-refractivity contribution in [2.45, 2.75) is 82.4 Å². The van der Waals surface area contributed by atoms with Gasteiger partial charge in [-0.1, -0.05) is 13.8 Å². The Balaban J connectivity index is 2.31. The minimum atomic E-state index is -3.55. The van der Waals surface area contributed by atoms with Gasteiger partial charge >= 0.3 is 6.09 Å². The van der Waals surface area contributed by atoms with Gasteiger partial charge in [0.25, 0.3) is 0 Å². The van der Waals surface area contributed by atoms with Gasteiger partial charge in [0.15, 0.2) is 9.84 Å². The summed E-state index contributed by atoms with van der Waals surface area (Å²) in [5, 5.41) is 2.24. The van der Waals surface area contributed by atoms with Crippen molar-refractivity contribution in [2.75, 3.05) is 0 Å². The topological polar surface area (TPSA) is 89.5 Å². The molecule has 2 aliphatic rings. The minimum absolute atomic E-state index is 0.0568. The highest BCUT2D eigenvalue weighted by molar-refractivity contribution is 7.93. The van der Waals surface area contributed by atoms with Crippen LogP contribution in [-0.4, -0.2) is 36.0 Å². The normalized spacial score (nSPS) is 30.9. The lowest BCUT2D eigenvalue weighted by atomic mass is 9.92. The van der Waals surface area contributed by atoms with Crippen LogP contribution in [0, 0.1) is 11.8 Å². The molecule has 7 heteroatoms. The van der Waals surface area contributed by atoms with Crippen molar-refractivity contribution >= 4 is 21.7 Å². The lowest BCUT2D eigenvalue weighted by molar-refractivity contribution is -0.123. The number of carbonyl (C=O) groups excluding carboxylic acids is 2. The Bertz CT molecular complexity index is 617. The summed E-state index contributed by atoms with van der Waals surface area (Å²) in [6.45, 7) is 8.87. The molecule has 0 heterocycles. The van der Waals surface area contributed by atoms with Crippen LogP contribution >= 0.6 is 0 Å². The molecule has 2 aliphatic carbocycles. The first-order chi connectivity index (χ1) is 10.9. The fourth-order valence-corrected chi connectivity index (χ4v) is 6.12. The number of hydrogen-bond donors (Lipinski definition) is 1. The third-order valence-corrected chi connectivity index (χ3v) is 7.76. The fourth-order valence-electron chi connectivity index (χ4n) is 3.59. The first-order valence-electron chi connectivity index (χ1n) is 8.69. The maximum Gasteiger partial charge on any atom is 0.408 e. The molecule has 0 aromatic rings. The lowest BCUT2D eigenvalue weighted by Crippen LogP contribution is -2.55. The maximum absolute atomic E-state index is 13.0. The van der Waals surface area contributed by atoms with Gasteiger partial charge in [-0.05, 0) is 52.4 Å². The van der Waals surface area contributed by atoms with Crippen molar-refractivity contribution in [3.63, 3.8) is 0 Å². The van der Waals surface area contributed by atoms with E-state index >= 15 is 0 Å². The average Bonchev–Trinajstić information content (AvgIpc) is 3.21. The molecule has 6 nitrogen and oxygen atoms in total. The van der Waals surface area contributed by atoms with Gasteiger partial charge in [-0.25, -0.2) is 13.2 Å². The molecular weight excluding hydrogens is 330 g/mol. The molecule has 0 saturated heterocycles. The summed E-state index contributed by atoms with van der Waals surface area (Å²) >= 11 is 0. The monoisotopic (exact) mass is 359 g/mol. The average molecular weight is 359 g/mol. The summed E-state index contributed by atoms with van der Waals surface area (Å²) < 4.78 is 31.4. The summed E-state index contributed by atoms with van der Waals surface area (Å²) in [5.74, 6) is -0.360. The van der Waals surface area contributed by atoms with Crippen LogP contribution in [-0.2, 0) is 19.4 Å². The molecule has 2 rings (SSSR count). The SMILES string of the molecule is CCC(=O)C1CC(NC(=O)OC(C)(C)C)(S(=O)(=O)C2CC2)CC1C. The number of amides is 1. The van der Waals surface area contributed by atoms with Crippen molar-refractivity contribution in [3.05, 3.63) is 0 Å². The molecule has 24 heavy (non-hydrogen) atoms. The molecule has 2 fully saturated rings. The van der Waals surface area contributed by atoms with Crippen molar-refractivity contribution in [3.8, 4) is 0 Å². The highest BCUT2D eigenvalue weighted by Crippen LogP contribution is 2.48. The van der Waals surface area contributed by atoms with Crippen LogP contribution in [0.5, 0.6) is 0 Å². The molecule has 3 atom stereocenters. The molecule has 0 aliphatic heterocycles. The van der Waals surface area contributed by atoms with Crippen LogP contribution in [0.25, 0.3) is 0 Å². The summed E-state index contributed by atoms with van der Waals surface area (Å²) in [6.07, 6.45) is 1.31. The lowest BCUT2D eigenvalue weighted by Gasteiger charge is -2.32.